The zero-order valence-corrected chi connectivity index (χ0v) is 11.2. The molecule has 0 aromatic heterocycles. The van der Waals surface area contributed by atoms with Gasteiger partial charge in [-0.05, 0) is 24.0 Å². The minimum absolute atomic E-state index is 0.0210. The van der Waals surface area contributed by atoms with Crippen molar-refractivity contribution in [3.63, 3.8) is 0 Å². The zero-order chi connectivity index (χ0) is 13.5. The van der Waals surface area contributed by atoms with Crippen LogP contribution in [-0.4, -0.2) is 19.1 Å². The Hall–Kier alpha value is -1.39. The van der Waals surface area contributed by atoms with E-state index in [1.165, 1.54) is 12.8 Å². The first-order chi connectivity index (χ1) is 9.29. The molecule has 1 fully saturated rings. The average molecular weight is 262 g/mol. The number of hydrogen-bond acceptors (Lipinski definition) is 3. The number of rotatable bonds is 8. The molecule has 1 aliphatic rings. The van der Waals surface area contributed by atoms with Crippen molar-refractivity contribution in [1.29, 1.82) is 0 Å². The number of ether oxygens (including phenoxy) is 1. The molecule has 2 rings (SSSR count). The molecule has 1 aromatic carbocycles. The normalized spacial score (nSPS) is 14.4. The standard InChI is InChI=1S/C15H22N2O2/c16-11-13-3-1-2-4-14(13)17-15(18)8-10-19-9-7-12-5-6-12/h1-4,12H,5-11,16H2,(H,17,18). The minimum atomic E-state index is -0.0210. The van der Waals surface area contributed by atoms with Crippen LogP contribution in [0.3, 0.4) is 0 Å². The molecule has 0 spiro atoms. The van der Waals surface area contributed by atoms with Crippen LogP contribution in [-0.2, 0) is 16.1 Å². The Kier molecular flexibility index (Phi) is 5.36. The van der Waals surface area contributed by atoms with Crippen molar-refractivity contribution >= 4 is 11.6 Å². The molecule has 4 nitrogen and oxygen atoms in total. The Bertz CT molecular complexity index is 416. The summed E-state index contributed by atoms with van der Waals surface area (Å²) in [5.41, 5.74) is 7.37. The maximum atomic E-state index is 11.8. The largest absolute Gasteiger partial charge is 0.381 e. The van der Waals surface area contributed by atoms with E-state index in [9.17, 15) is 4.79 Å². The molecule has 1 amide bonds. The van der Waals surface area contributed by atoms with Gasteiger partial charge in [-0.25, -0.2) is 0 Å². The second kappa shape index (κ2) is 7.26. The van der Waals surface area contributed by atoms with Crippen molar-refractivity contribution in [2.75, 3.05) is 18.5 Å². The highest BCUT2D eigenvalue weighted by Crippen LogP contribution is 2.32. The number of nitrogens with two attached hydrogens (primary N) is 1. The summed E-state index contributed by atoms with van der Waals surface area (Å²) in [7, 11) is 0. The summed E-state index contributed by atoms with van der Waals surface area (Å²) in [6.07, 6.45) is 4.22. The van der Waals surface area contributed by atoms with Crippen molar-refractivity contribution in [2.24, 2.45) is 11.7 Å². The van der Waals surface area contributed by atoms with Gasteiger partial charge in [-0.3, -0.25) is 4.79 Å². The maximum absolute atomic E-state index is 11.8. The number of nitrogens with one attached hydrogen (secondary N) is 1. The quantitative estimate of drug-likeness (QED) is 0.706. The summed E-state index contributed by atoms with van der Waals surface area (Å²) in [5.74, 6) is 0.859. The van der Waals surface area contributed by atoms with Crippen LogP contribution in [0.2, 0.25) is 0 Å². The van der Waals surface area contributed by atoms with Gasteiger partial charge in [-0.2, -0.15) is 0 Å². The molecule has 0 heterocycles. The van der Waals surface area contributed by atoms with E-state index in [4.69, 9.17) is 10.5 Å². The average Bonchev–Trinajstić information content (AvgIpc) is 3.23. The lowest BCUT2D eigenvalue weighted by atomic mass is 10.2. The SMILES string of the molecule is NCc1ccccc1NC(=O)CCOCCC1CC1. The molecule has 0 unspecified atom stereocenters. The summed E-state index contributed by atoms with van der Waals surface area (Å²) in [6, 6.07) is 7.59. The molecule has 0 saturated heterocycles. The van der Waals surface area contributed by atoms with Gasteiger partial charge in [0.25, 0.3) is 0 Å². The number of carbonyl (C=O) groups is 1. The van der Waals surface area contributed by atoms with Gasteiger partial charge < -0.3 is 15.8 Å². The predicted octanol–water partition coefficient (Wildman–Crippen LogP) is 2.29. The van der Waals surface area contributed by atoms with Gasteiger partial charge in [0, 0.05) is 18.8 Å². The van der Waals surface area contributed by atoms with E-state index in [0.717, 1.165) is 30.2 Å². The lowest BCUT2D eigenvalue weighted by Gasteiger charge is -2.09. The summed E-state index contributed by atoms with van der Waals surface area (Å²) >= 11 is 0. The van der Waals surface area contributed by atoms with E-state index in [-0.39, 0.29) is 5.91 Å². The topological polar surface area (TPSA) is 64.3 Å². The van der Waals surface area contributed by atoms with Gasteiger partial charge in [0.1, 0.15) is 0 Å². The fourth-order valence-corrected chi connectivity index (χ4v) is 1.96. The third-order valence-electron chi connectivity index (χ3n) is 3.35. The molecule has 1 aliphatic carbocycles. The Morgan fingerprint density at radius 1 is 1.32 bits per heavy atom. The van der Waals surface area contributed by atoms with Crippen LogP contribution in [0.4, 0.5) is 5.69 Å². The highest BCUT2D eigenvalue weighted by Gasteiger charge is 2.20. The summed E-state index contributed by atoms with van der Waals surface area (Å²) in [6.45, 7) is 1.69. The number of amides is 1. The van der Waals surface area contributed by atoms with Gasteiger partial charge >= 0.3 is 0 Å². The predicted molar refractivity (Wildman–Crippen MR) is 75.7 cm³/mol. The van der Waals surface area contributed by atoms with Crippen molar-refractivity contribution in [3.8, 4) is 0 Å². The molecular formula is C15H22N2O2. The molecule has 104 valence electrons. The molecule has 0 bridgehead atoms. The Morgan fingerprint density at radius 3 is 2.84 bits per heavy atom. The summed E-state index contributed by atoms with van der Waals surface area (Å²) < 4.78 is 5.46. The minimum Gasteiger partial charge on any atom is -0.381 e. The number of carbonyl (C=O) groups excluding carboxylic acids is 1. The smallest absolute Gasteiger partial charge is 0.226 e. The second-order valence-electron chi connectivity index (χ2n) is 5.00. The first-order valence-corrected chi connectivity index (χ1v) is 6.95. The van der Waals surface area contributed by atoms with Crippen LogP contribution in [0.25, 0.3) is 0 Å². The van der Waals surface area contributed by atoms with E-state index >= 15 is 0 Å². The van der Waals surface area contributed by atoms with Crippen LogP contribution in [0.5, 0.6) is 0 Å². The van der Waals surface area contributed by atoms with Gasteiger partial charge in [0.2, 0.25) is 5.91 Å². The Labute approximate surface area is 114 Å². The second-order valence-corrected chi connectivity index (χ2v) is 5.00. The van der Waals surface area contributed by atoms with Crippen LogP contribution >= 0.6 is 0 Å². The lowest BCUT2D eigenvalue weighted by Crippen LogP contribution is -2.16. The van der Waals surface area contributed by atoms with E-state index < -0.39 is 0 Å². The van der Waals surface area contributed by atoms with E-state index in [0.29, 0.717) is 19.6 Å². The molecule has 0 atom stereocenters. The van der Waals surface area contributed by atoms with Gasteiger partial charge in [0.05, 0.1) is 13.0 Å². The molecule has 19 heavy (non-hydrogen) atoms. The first-order valence-electron chi connectivity index (χ1n) is 6.95. The summed E-state index contributed by atoms with van der Waals surface area (Å²) in [4.78, 5) is 11.8. The Morgan fingerprint density at radius 2 is 2.11 bits per heavy atom. The number of anilines is 1. The highest BCUT2D eigenvalue weighted by molar-refractivity contribution is 5.91. The van der Waals surface area contributed by atoms with E-state index in [1.54, 1.807) is 0 Å². The van der Waals surface area contributed by atoms with Crippen LogP contribution in [0, 0.1) is 5.92 Å². The van der Waals surface area contributed by atoms with Crippen molar-refractivity contribution in [2.45, 2.75) is 32.2 Å². The van der Waals surface area contributed by atoms with E-state index in [1.807, 2.05) is 24.3 Å². The zero-order valence-electron chi connectivity index (χ0n) is 11.2. The third-order valence-corrected chi connectivity index (χ3v) is 3.35. The van der Waals surface area contributed by atoms with E-state index in [2.05, 4.69) is 5.32 Å². The van der Waals surface area contributed by atoms with Crippen molar-refractivity contribution < 1.29 is 9.53 Å². The number of para-hydroxylation sites is 1. The monoisotopic (exact) mass is 262 g/mol. The molecule has 1 aromatic rings. The van der Waals surface area contributed by atoms with Crippen molar-refractivity contribution in [1.82, 2.24) is 0 Å². The summed E-state index contributed by atoms with van der Waals surface area (Å²) in [5, 5.41) is 2.87. The van der Waals surface area contributed by atoms with Crippen molar-refractivity contribution in [3.05, 3.63) is 29.8 Å². The molecule has 0 radical (unpaired) electrons. The molecule has 0 aliphatic heterocycles. The number of benzene rings is 1. The molecule has 4 heteroatoms. The van der Waals surface area contributed by atoms with Crippen LogP contribution < -0.4 is 11.1 Å². The number of hydrogen-bond donors (Lipinski definition) is 2. The van der Waals surface area contributed by atoms with Gasteiger partial charge in [-0.1, -0.05) is 31.0 Å². The van der Waals surface area contributed by atoms with Gasteiger partial charge in [0.15, 0.2) is 0 Å². The first kappa shape index (κ1) is 14.0. The molecule has 3 N–H and O–H groups in total. The Balaban J connectivity index is 1.65. The third kappa shape index (κ3) is 5.01. The lowest BCUT2D eigenvalue weighted by molar-refractivity contribution is -0.117. The van der Waals surface area contributed by atoms with Gasteiger partial charge in [-0.15, -0.1) is 0 Å². The maximum Gasteiger partial charge on any atom is 0.226 e. The molecular weight excluding hydrogens is 240 g/mol. The fourth-order valence-electron chi connectivity index (χ4n) is 1.96. The highest BCUT2D eigenvalue weighted by atomic mass is 16.5. The fraction of sp³-hybridized carbons (Fsp3) is 0.533. The van der Waals surface area contributed by atoms with Crippen LogP contribution in [0.1, 0.15) is 31.2 Å². The molecule has 1 saturated carbocycles. The van der Waals surface area contributed by atoms with Crippen LogP contribution in [0.15, 0.2) is 24.3 Å².